The highest BCUT2D eigenvalue weighted by molar-refractivity contribution is 5.84. The second kappa shape index (κ2) is 7.16. The third-order valence-electron chi connectivity index (χ3n) is 1.96. The summed E-state index contributed by atoms with van der Waals surface area (Å²) in [7, 11) is 0. The molecule has 0 aliphatic carbocycles. The molecule has 0 aromatic rings. The molecule has 0 radical (unpaired) electrons. The summed E-state index contributed by atoms with van der Waals surface area (Å²) in [4.78, 5) is 23.3. The SMILES string of the molecule is C=CCOC(C)C(=O)OC(C)C(=O)NC(C)(C)C. The third-order valence-corrected chi connectivity index (χ3v) is 1.96. The minimum absolute atomic E-state index is 0.263. The summed E-state index contributed by atoms with van der Waals surface area (Å²) in [5.41, 5.74) is -0.358. The van der Waals surface area contributed by atoms with Crippen molar-refractivity contribution in [2.24, 2.45) is 0 Å². The molecule has 2 atom stereocenters. The van der Waals surface area contributed by atoms with Crippen LogP contribution in [0.15, 0.2) is 12.7 Å². The Bertz CT molecular complexity index is 307. The number of carbonyl (C=O) groups is 2. The van der Waals surface area contributed by atoms with Gasteiger partial charge in [-0.1, -0.05) is 6.08 Å². The van der Waals surface area contributed by atoms with Crippen molar-refractivity contribution < 1.29 is 19.1 Å². The van der Waals surface area contributed by atoms with Gasteiger partial charge in [0.05, 0.1) is 6.61 Å². The summed E-state index contributed by atoms with van der Waals surface area (Å²) in [5.74, 6) is -0.889. The number of ether oxygens (including phenoxy) is 2. The normalized spacial score (nSPS) is 14.5. The van der Waals surface area contributed by atoms with Gasteiger partial charge in [-0.15, -0.1) is 6.58 Å². The fourth-order valence-corrected chi connectivity index (χ4v) is 1.08. The number of carbonyl (C=O) groups excluding carboxylic acids is 2. The first kappa shape index (κ1) is 16.6. The second-order valence-electron chi connectivity index (χ2n) is 5.08. The fraction of sp³-hybridized carbons (Fsp3) is 0.692. The van der Waals surface area contributed by atoms with Crippen LogP contribution in [0.25, 0.3) is 0 Å². The average Bonchev–Trinajstić information content (AvgIpc) is 2.23. The highest BCUT2D eigenvalue weighted by atomic mass is 16.6. The van der Waals surface area contributed by atoms with Crippen molar-refractivity contribution >= 4 is 11.9 Å². The van der Waals surface area contributed by atoms with Crippen molar-refractivity contribution in [1.29, 1.82) is 0 Å². The van der Waals surface area contributed by atoms with Gasteiger partial charge in [0.1, 0.15) is 0 Å². The molecular weight excluding hydrogens is 234 g/mol. The van der Waals surface area contributed by atoms with E-state index in [0.717, 1.165) is 0 Å². The molecule has 0 aliphatic rings. The standard InChI is InChI=1S/C13H23NO4/c1-7-8-17-10(3)12(16)18-9(2)11(15)14-13(4,5)6/h7,9-10H,1,8H2,2-6H3,(H,14,15). The summed E-state index contributed by atoms with van der Waals surface area (Å²) in [5, 5.41) is 2.73. The van der Waals surface area contributed by atoms with E-state index in [1.165, 1.54) is 6.92 Å². The molecule has 0 rings (SSSR count). The largest absolute Gasteiger partial charge is 0.451 e. The summed E-state index contributed by atoms with van der Waals surface area (Å²) >= 11 is 0. The lowest BCUT2D eigenvalue weighted by Crippen LogP contribution is -2.46. The van der Waals surface area contributed by atoms with E-state index in [1.807, 2.05) is 20.8 Å². The number of rotatable bonds is 6. The number of esters is 1. The maximum Gasteiger partial charge on any atom is 0.335 e. The zero-order chi connectivity index (χ0) is 14.3. The van der Waals surface area contributed by atoms with Crippen LogP contribution >= 0.6 is 0 Å². The molecule has 5 nitrogen and oxygen atoms in total. The van der Waals surface area contributed by atoms with Gasteiger partial charge in [-0.25, -0.2) is 4.79 Å². The lowest BCUT2D eigenvalue weighted by Gasteiger charge is -2.23. The van der Waals surface area contributed by atoms with Crippen LogP contribution in [0.2, 0.25) is 0 Å². The molecule has 0 bridgehead atoms. The van der Waals surface area contributed by atoms with Gasteiger partial charge in [-0.3, -0.25) is 4.79 Å². The van der Waals surface area contributed by atoms with Crippen LogP contribution in [0.5, 0.6) is 0 Å². The first-order chi connectivity index (χ1) is 8.17. The Morgan fingerprint density at radius 3 is 2.28 bits per heavy atom. The maximum atomic E-state index is 11.7. The molecule has 0 aromatic heterocycles. The number of amides is 1. The molecule has 5 heteroatoms. The van der Waals surface area contributed by atoms with E-state index in [2.05, 4.69) is 11.9 Å². The molecule has 0 saturated heterocycles. The molecule has 0 aliphatic heterocycles. The van der Waals surface area contributed by atoms with Crippen LogP contribution in [0.1, 0.15) is 34.6 Å². The van der Waals surface area contributed by atoms with Gasteiger partial charge in [0.15, 0.2) is 12.2 Å². The zero-order valence-electron chi connectivity index (χ0n) is 11.8. The second-order valence-corrected chi connectivity index (χ2v) is 5.08. The highest BCUT2D eigenvalue weighted by Crippen LogP contribution is 2.03. The molecule has 0 heterocycles. The Labute approximate surface area is 109 Å². The van der Waals surface area contributed by atoms with Crippen molar-refractivity contribution in [3.8, 4) is 0 Å². The first-order valence-corrected chi connectivity index (χ1v) is 5.92. The van der Waals surface area contributed by atoms with E-state index in [1.54, 1.807) is 13.0 Å². The Morgan fingerprint density at radius 2 is 1.83 bits per heavy atom. The molecule has 0 spiro atoms. The number of nitrogens with one attached hydrogen (secondary N) is 1. The first-order valence-electron chi connectivity index (χ1n) is 5.92. The number of hydrogen-bond donors (Lipinski definition) is 1. The quantitative estimate of drug-likeness (QED) is 0.577. The van der Waals surface area contributed by atoms with E-state index in [-0.39, 0.29) is 18.1 Å². The smallest absolute Gasteiger partial charge is 0.335 e. The molecule has 0 aromatic carbocycles. The van der Waals surface area contributed by atoms with Crippen molar-refractivity contribution in [2.75, 3.05) is 6.61 Å². The van der Waals surface area contributed by atoms with Crippen molar-refractivity contribution in [3.05, 3.63) is 12.7 Å². The van der Waals surface area contributed by atoms with E-state index in [0.29, 0.717) is 0 Å². The van der Waals surface area contributed by atoms with Crippen molar-refractivity contribution in [1.82, 2.24) is 5.32 Å². The number of hydrogen-bond acceptors (Lipinski definition) is 4. The average molecular weight is 257 g/mol. The lowest BCUT2D eigenvalue weighted by atomic mass is 10.1. The van der Waals surface area contributed by atoms with Crippen LogP contribution < -0.4 is 5.32 Å². The topological polar surface area (TPSA) is 64.6 Å². The molecule has 1 amide bonds. The fourth-order valence-electron chi connectivity index (χ4n) is 1.08. The highest BCUT2D eigenvalue weighted by Gasteiger charge is 2.24. The Balaban J connectivity index is 4.22. The van der Waals surface area contributed by atoms with Gasteiger partial charge < -0.3 is 14.8 Å². The van der Waals surface area contributed by atoms with Crippen LogP contribution in [-0.4, -0.2) is 36.2 Å². The zero-order valence-corrected chi connectivity index (χ0v) is 11.8. The van der Waals surface area contributed by atoms with Crippen molar-refractivity contribution in [3.63, 3.8) is 0 Å². The summed E-state index contributed by atoms with van der Waals surface area (Å²) in [6.45, 7) is 12.4. The predicted octanol–water partition coefficient (Wildman–Crippen LogP) is 1.42. The molecule has 0 fully saturated rings. The van der Waals surface area contributed by atoms with Crippen LogP contribution in [0.4, 0.5) is 0 Å². The maximum absolute atomic E-state index is 11.7. The third kappa shape index (κ3) is 7.06. The molecule has 2 unspecified atom stereocenters. The summed E-state index contributed by atoms with van der Waals surface area (Å²) in [6, 6.07) is 0. The van der Waals surface area contributed by atoms with Crippen LogP contribution in [-0.2, 0) is 19.1 Å². The summed E-state index contributed by atoms with van der Waals surface area (Å²) in [6.07, 6.45) is -0.0149. The predicted molar refractivity (Wildman–Crippen MR) is 69.1 cm³/mol. The van der Waals surface area contributed by atoms with Crippen LogP contribution in [0.3, 0.4) is 0 Å². The molecular formula is C13H23NO4. The Hall–Kier alpha value is -1.36. The monoisotopic (exact) mass is 257 g/mol. The van der Waals surface area contributed by atoms with Gasteiger partial charge in [0.25, 0.3) is 5.91 Å². The van der Waals surface area contributed by atoms with E-state index < -0.39 is 18.2 Å². The molecule has 0 saturated carbocycles. The van der Waals surface area contributed by atoms with Crippen molar-refractivity contribution in [2.45, 2.75) is 52.4 Å². The molecule has 18 heavy (non-hydrogen) atoms. The Kier molecular flexibility index (Phi) is 6.62. The summed E-state index contributed by atoms with van der Waals surface area (Å²) < 4.78 is 10.1. The lowest BCUT2D eigenvalue weighted by molar-refractivity contribution is -0.164. The van der Waals surface area contributed by atoms with Gasteiger partial charge in [-0.2, -0.15) is 0 Å². The van der Waals surface area contributed by atoms with Gasteiger partial charge >= 0.3 is 5.97 Å². The minimum Gasteiger partial charge on any atom is -0.451 e. The van der Waals surface area contributed by atoms with E-state index in [4.69, 9.17) is 9.47 Å². The van der Waals surface area contributed by atoms with Crippen LogP contribution in [0, 0.1) is 0 Å². The van der Waals surface area contributed by atoms with E-state index in [9.17, 15) is 9.59 Å². The van der Waals surface area contributed by atoms with Gasteiger partial charge in [0, 0.05) is 5.54 Å². The molecule has 1 N–H and O–H groups in total. The van der Waals surface area contributed by atoms with Gasteiger partial charge in [-0.05, 0) is 34.6 Å². The van der Waals surface area contributed by atoms with Gasteiger partial charge in [0.2, 0.25) is 0 Å². The minimum atomic E-state index is -0.841. The molecule has 104 valence electrons. The van der Waals surface area contributed by atoms with E-state index >= 15 is 0 Å². The Morgan fingerprint density at radius 1 is 1.28 bits per heavy atom.